The van der Waals surface area contributed by atoms with Gasteiger partial charge in [-0.2, -0.15) is 0 Å². The highest BCUT2D eigenvalue weighted by atomic mass is 32.2. The Kier molecular flexibility index (Phi) is 7.53. The van der Waals surface area contributed by atoms with Gasteiger partial charge in [-0.3, -0.25) is 9.59 Å². The highest BCUT2D eigenvalue weighted by Crippen LogP contribution is 2.37. The van der Waals surface area contributed by atoms with Crippen LogP contribution in [0.1, 0.15) is 28.8 Å². The summed E-state index contributed by atoms with van der Waals surface area (Å²) < 4.78 is 61.4. The van der Waals surface area contributed by atoms with Crippen LogP contribution in [0.15, 0.2) is 41.3 Å². The molecule has 2 aromatic carbocycles. The van der Waals surface area contributed by atoms with Crippen LogP contribution in [0.4, 0.5) is 23.2 Å². The molecule has 1 saturated heterocycles. The minimum absolute atomic E-state index is 0.0426. The smallest absolute Gasteiger partial charge is 0.406 e. The van der Waals surface area contributed by atoms with E-state index in [9.17, 15) is 27.2 Å². The monoisotopic (exact) mass is 513 g/mol. The highest BCUT2D eigenvalue weighted by molar-refractivity contribution is 7.99. The van der Waals surface area contributed by atoms with Crippen molar-refractivity contribution in [1.82, 2.24) is 5.32 Å². The van der Waals surface area contributed by atoms with Crippen molar-refractivity contribution in [2.45, 2.75) is 42.7 Å². The molecule has 2 amide bonds. The number of thioether (sulfide) groups is 1. The molecule has 0 spiro atoms. The van der Waals surface area contributed by atoms with Gasteiger partial charge in [0.2, 0.25) is 5.91 Å². The van der Waals surface area contributed by atoms with Crippen LogP contribution < -0.4 is 20.7 Å². The van der Waals surface area contributed by atoms with Gasteiger partial charge in [0.15, 0.2) is 0 Å². The van der Waals surface area contributed by atoms with Gasteiger partial charge in [-0.05, 0) is 42.7 Å². The zero-order chi connectivity index (χ0) is 25.2. The number of nitrogens with zero attached hydrogens (tertiary/aromatic N) is 1. The SMILES string of the molecule is N[C@H]1CSc2cc(F)c(C(=O)NC3CCOCC3)cc2N(Cc2ccc(OC(F)(F)F)cc2)C1=O. The molecule has 4 rings (SSSR count). The third-order valence-electron chi connectivity index (χ3n) is 5.64. The summed E-state index contributed by atoms with van der Waals surface area (Å²) in [6.07, 6.45) is -3.60. The Balaban J connectivity index is 1.62. The Morgan fingerprint density at radius 1 is 1.20 bits per heavy atom. The first kappa shape index (κ1) is 25.3. The number of ether oxygens (including phenoxy) is 2. The fraction of sp³-hybridized carbons (Fsp3) is 0.391. The van der Waals surface area contributed by atoms with E-state index in [-0.39, 0.29) is 23.9 Å². The Labute approximate surface area is 202 Å². The lowest BCUT2D eigenvalue weighted by Crippen LogP contribution is -2.44. The van der Waals surface area contributed by atoms with Crippen molar-refractivity contribution in [2.75, 3.05) is 23.9 Å². The van der Waals surface area contributed by atoms with Crippen molar-refractivity contribution < 1.29 is 36.6 Å². The van der Waals surface area contributed by atoms with E-state index in [2.05, 4.69) is 10.1 Å². The Bertz CT molecular complexity index is 1090. The number of hydrogen-bond acceptors (Lipinski definition) is 6. The molecule has 2 heterocycles. The average molecular weight is 514 g/mol. The van der Waals surface area contributed by atoms with Crippen LogP contribution >= 0.6 is 11.8 Å². The number of carbonyl (C=O) groups excluding carboxylic acids is 2. The maximum absolute atomic E-state index is 14.9. The number of carbonyl (C=O) groups is 2. The number of amides is 2. The van der Waals surface area contributed by atoms with E-state index < -0.39 is 35.8 Å². The number of benzene rings is 2. The maximum atomic E-state index is 14.9. The second-order valence-electron chi connectivity index (χ2n) is 8.19. The zero-order valence-electron chi connectivity index (χ0n) is 18.4. The van der Waals surface area contributed by atoms with Gasteiger partial charge in [-0.1, -0.05) is 12.1 Å². The molecular formula is C23H23F4N3O4S. The Morgan fingerprint density at radius 2 is 1.89 bits per heavy atom. The largest absolute Gasteiger partial charge is 0.573 e. The molecular weight excluding hydrogens is 490 g/mol. The van der Waals surface area contributed by atoms with E-state index in [0.29, 0.717) is 42.2 Å². The van der Waals surface area contributed by atoms with Crippen molar-refractivity contribution in [3.63, 3.8) is 0 Å². The topological polar surface area (TPSA) is 93.9 Å². The lowest BCUT2D eigenvalue weighted by molar-refractivity contribution is -0.274. The standard InChI is InChI=1S/C23H23F4N3O4S/c24-17-10-20-19(9-16(17)21(31)29-14-5-7-33-8-6-14)30(22(32)18(28)12-35-20)11-13-1-3-15(4-2-13)34-23(25,26)27/h1-4,9-10,14,18H,5-8,11-12,28H2,(H,29,31)/t18-/m0/s1. The van der Waals surface area contributed by atoms with E-state index in [1.165, 1.54) is 40.9 Å². The number of alkyl halides is 3. The summed E-state index contributed by atoms with van der Waals surface area (Å²) >= 11 is 1.19. The van der Waals surface area contributed by atoms with Crippen molar-refractivity contribution in [1.29, 1.82) is 0 Å². The highest BCUT2D eigenvalue weighted by Gasteiger charge is 2.32. The first-order valence-electron chi connectivity index (χ1n) is 10.9. The predicted molar refractivity (Wildman–Crippen MR) is 121 cm³/mol. The van der Waals surface area contributed by atoms with Crippen LogP contribution in [0.25, 0.3) is 0 Å². The van der Waals surface area contributed by atoms with Crippen LogP contribution in [0.5, 0.6) is 5.75 Å². The fourth-order valence-electron chi connectivity index (χ4n) is 3.86. The summed E-state index contributed by atoms with van der Waals surface area (Å²) in [7, 11) is 0. The van der Waals surface area contributed by atoms with Gasteiger partial charge in [0.05, 0.1) is 23.8 Å². The van der Waals surface area contributed by atoms with Crippen molar-refractivity contribution >= 4 is 29.3 Å². The Hall–Kier alpha value is -2.83. The second kappa shape index (κ2) is 10.4. The number of rotatable bonds is 5. The van der Waals surface area contributed by atoms with Gasteiger partial charge in [-0.15, -0.1) is 24.9 Å². The van der Waals surface area contributed by atoms with Gasteiger partial charge >= 0.3 is 6.36 Å². The molecule has 0 aliphatic carbocycles. The number of halogens is 4. The predicted octanol–water partition coefficient (Wildman–Crippen LogP) is 3.60. The zero-order valence-corrected chi connectivity index (χ0v) is 19.3. The third-order valence-corrected chi connectivity index (χ3v) is 6.80. The molecule has 12 heteroatoms. The third kappa shape index (κ3) is 6.24. The first-order chi connectivity index (χ1) is 16.6. The van der Waals surface area contributed by atoms with Crippen LogP contribution in [-0.2, 0) is 16.1 Å². The summed E-state index contributed by atoms with van der Waals surface area (Å²) in [5.74, 6) is -1.97. The molecule has 188 valence electrons. The minimum atomic E-state index is -4.82. The van der Waals surface area contributed by atoms with E-state index in [4.69, 9.17) is 10.5 Å². The van der Waals surface area contributed by atoms with Gasteiger partial charge in [0.1, 0.15) is 11.6 Å². The summed E-state index contributed by atoms with van der Waals surface area (Å²) in [6.45, 7) is 0.960. The van der Waals surface area contributed by atoms with Crippen molar-refractivity contribution in [2.24, 2.45) is 5.73 Å². The lowest BCUT2D eigenvalue weighted by atomic mass is 10.1. The molecule has 0 radical (unpaired) electrons. The Morgan fingerprint density at radius 3 is 2.54 bits per heavy atom. The normalized spacial score (nSPS) is 19.2. The van der Waals surface area contributed by atoms with Crippen LogP contribution in [0, 0.1) is 5.82 Å². The molecule has 2 aromatic rings. The molecule has 0 aromatic heterocycles. The molecule has 0 bridgehead atoms. The van der Waals surface area contributed by atoms with Crippen LogP contribution in [0.3, 0.4) is 0 Å². The molecule has 3 N–H and O–H groups in total. The molecule has 0 saturated carbocycles. The molecule has 35 heavy (non-hydrogen) atoms. The van der Waals surface area contributed by atoms with Gasteiger partial charge in [-0.25, -0.2) is 4.39 Å². The second-order valence-corrected chi connectivity index (χ2v) is 9.26. The molecule has 1 fully saturated rings. The maximum Gasteiger partial charge on any atom is 0.573 e. The van der Waals surface area contributed by atoms with E-state index in [0.717, 1.165) is 12.1 Å². The molecule has 7 nitrogen and oxygen atoms in total. The molecule has 0 unspecified atom stereocenters. The molecule has 2 aliphatic rings. The van der Waals surface area contributed by atoms with E-state index in [1.54, 1.807) is 0 Å². The number of nitrogens with two attached hydrogens (primary N) is 1. The fourth-order valence-corrected chi connectivity index (χ4v) is 4.87. The van der Waals surface area contributed by atoms with Crippen LogP contribution in [-0.4, -0.2) is 49.2 Å². The quantitative estimate of drug-likeness (QED) is 0.594. The number of hydrogen-bond donors (Lipinski definition) is 2. The first-order valence-corrected chi connectivity index (χ1v) is 11.9. The molecule has 2 aliphatic heterocycles. The number of anilines is 1. The average Bonchev–Trinajstić information content (AvgIpc) is 2.91. The lowest BCUT2D eigenvalue weighted by Gasteiger charge is -2.26. The van der Waals surface area contributed by atoms with Crippen LogP contribution in [0.2, 0.25) is 0 Å². The molecule has 1 atom stereocenters. The van der Waals surface area contributed by atoms with E-state index in [1.807, 2.05) is 0 Å². The van der Waals surface area contributed by atoms with Crippen molar-refractivity contribution in [3.8, 4) is 5.75 Å². The summed E-state index contributed by atoms with van der Waals surface area (Å²) in [5, 5.41) is 2.81. The summed E-state index contributed by atoms with van der Waals surface area (Å²) in [5.41, 5.74) is 6.61. The number of fused-ring (bicyclic) bond motifs is 1. The van der Waals surface area contributed by atoms with E-state index >= 15 is 0 Å². The van der Waals surface area contributed by atoms with Gasteiger partial charge in [0, 0.05) is 29.9 Å². The van der Waals surface area contributed by atoms with Gasteiger partial charge in [0.25, 0.3) is 5.91 Å². The summed E-state index contributed by atoms with van der Waals surface area (Å²) in [4.78, 5) is 27.6. The summed E-state index contributed by atoms with van der Waals surface area (Å²) in [6, 6.07) is 6.55. The number of nitrogens with one attached hydrogen (secondary N) is 1. The van der Waals surface area contributed by atoms with Crippen molar-refractivity contribution in [3.05, 3.63) is 53.3 Å². The minimum Gasteiger partial charge on any atom is -0.406 e. The van der Waals surface area contributed by atoms with Gasteiger partial charge < -0.3 is 25.4 Å².